The molecule has 0 aliphatic heterocycles. The number of aromatic nitrogens is 5. The van der Waals surface area contributed by atoms with Gasteiger partial charge in [0.1, 0.15) is 6.33 Å². The molecule has 2 aromatic heterocycles. The van der Waals surface area contributed by atoms with Gasteiger partial charge in [0.2, 0.25) is 11.7 Å². The predicted octanol–water partition coefficient (Wildman–Crippen LogP) is 1.02. The van der Waals surface area contributed by atoms with Gasteiger partial charge >= 0.3 is 0 Å². The van der Waals surface area contributed by atoms with Gasteiger partial charge in [-0.3, -0.25) is 5.10 Å². The van der Waals surface area contributed by atoms with E-state index in [-0.39, 0.29) is 0 Å². The van der Waals surface area contributed by atoms with Crippen molar-refractivity contribution >= 4 is 0 Å². The molecule has 0 unspecified atom stereocenters. The fourth-order valence-electron chi connectivity index (χ4n) is 1.92. The van der Waals surface area contributed by atoms with Gasteiger partial charge in [0, 0.05) is 6.42 Å². The van der Waals surface area contributed by atoms with Crippen LogP contribution >= 0.6 is 0 Å². The lowest BCUT2D eigenvalue weighted by molar-refractivity contribution is 0.331. The van der Waals surface area contributed by atoms with Gasteiger partial charge in [-0.1, -0.05) is 19.0 Å². The van der Waals surface area contributed by atoms with Crippen LogP contribution in [0.4, 0.5) is 0 Å². The summed E-state index contributed by atoms with van der Waals surface area (Å²) < 4.78 is 5.20. The minimum absolute atomic E-state index is 0.369. The lowest BCUT2D eigenvalue weighted by Crippen LogP contribution is -2.19. The molecule has 0 radical (unpaired) electrons. The summed E-state index contributed by atoms with van der Waals surface area (Å²) in [5.74, 6) is 2.52. The molecule has 0 amide bonds. The van der Waals surface area contributed by atoms with Crippen LogP contribution in [0.2, 0.25) is 0 Å². The summed E-state index contributed by atoms with van der Waals surface area (Å²) in [5.41, 5.74) is 5.75. The second-order valence-corrected chi connectivity index (χ2v) is 4.78. The molecule has 0 saturated carbocycles. The Hall–Kier alpha value is -1.76. The SMILES string of the molecule is CC(C)C[C@H](CN)Cc1nc(-c2ncn[nH]2)no1. The van der Waals surface area contributed by atoms with Crippen LogP contribution in [-0.4, -0.2) is 31.9 Å². The zero-order chi connectivity index (χ0) is 13.0. The Morgan fingerprint density at radius 1 is 1.44 bits per heavy atom. The molecular formula is C11H18N6O. The van der Waals surface area contributed by atoms with Gasteiger partial charge in [-0.05, 0) is 24.8 Å². The van der Waals surface area contributed by atoms with E-state index >= 15 is 0 Å². The van der Waals surface area contributed by atoms with Crippen LogP contribution in [0.3, 0.4) is 0 Å². The Kier molecular flexibility index (Phi) is 4.03. The summed E-state index contributed by atoms with van der Waals surface area (Å²) in [6.45, 7) is 4.98. The first-order valence-corrected chi connectivity index (χ1v) is 6.07. The third-order valence-corrected chi connectivity index (χ3v) is 2.70. The summed E-state index contributed by atoms with van der Waals surface area (Å²) in [7, 11) is 0. The number of hydrogen-bond donors (Lipinski definition) is 2. The van der Waals surface area contributed by atoms with Crippen molar-refractivity contribution in [3.63, 3.8) is 0 Å². The van der Waals surface area contributed by atoms with E-state index in [1.807, 2.05) is 0 Å². The molecular weight excluding hydrogens is 232 g/mol. The second-order valence-electron chi connectivity index (χ2n) is 4.78. The Labute approximate surface area is 105 Å². The van der Waals surface area contributed by atoms with Crippen molar-refractivity contribution in [2.24, 2.45) is 17.6 Å². The van der Waals surface area contributed by atoms with E-state index < -0.39 is 0 Å². The van der Waals surface area contributed by atoms with Crippen LogP contribution in [0.5, 0.6) is 0 Å². The normalized spacial score (nSPS) is 13.1. The van der Waals surface area contributed by atoms with Crippen LogP contribution in [-0.2, 0) is 6.42 Å². The number of rotatable bonds is 6. The summed E-state index contributed by atoms with van der Waals surface area (Å²) in [4.78, 5) is 8.25. The monoisotopic (exact) mass is 250 g/mol. The van der Waals surface area contributed by atoms with E-state index in [0.717, 1.165) is 6.42 Å². The summed E-state index contributed by atoms with van der Waals surface area (Å²) in [6.07, 6.45) is 3.17. The summed E-state index contributed by atoms with van der Waals surface area (Å²) >= 11 is 0. The van der Waals surface area contributed by atoms with Crippen LogP contribution in [0, 0.1) is 11.8 Å². The number of nitrogens with two attached hydrogens (primary N) is 1. The Morgan fingerprint density at radius 2 is 2.28 bits per heavy atom. The number of hydrogen-bond acceptors (Lipinski definition) is 6. The quantitative estimate of drug-likeness (QED) is 0.792. The molecule has 0 aromatic carbocycles. The van der Waals surface area contributed by atoms with Crippen LogP contribution < -0.4 is 5.73 Å². The van der Waals surface area contributed by atoms with Crippen LogP contribution in [0.15, 0.2) is 10.9 Å². The van der Waals surface area contributed by atoms with Gasteiger partial charge in [0.15, 0.2) is 5.82 Å². The Balaban J connectivity index is 2.01. The van der Waals surface area contributed by atoms with E-state index in [4.69, 9.17) is 10.3 Å². The highest BCUT2D eigenvalue weighted by atomic mass is 16.5. The van der Waals surface area contributed by atoms with Crippen LogP contribution in [0.1, 0.15) is 26.2 Å². The van der Waals surface area contributed by atoms with Crippen molar-refractivity contribution in [2.45, 2.75) is 26.7 Å². The van der Waals surface area contributed by atoms with E-state index in [0.29, 0.717) is 42.3 Å². The maximum absolute atomic E-state index is 5.75. The highest BCUT2D eigenvalue weighted by molar-refractivity contribution is 5.39. The molecule has 0 fully saturated rings. The zero-order valence-electron chi connectivity index (χ0n) is 10.6. The first kappa shape index (κ1) is 12.7. The second kappa shape index (κ2) is 5.72. The first-order chi connectivity index (χ1) is 8.69. The van der Waals surface area contributed by atoms with Crippen molar-refractivity contribution in [3.8, 4) is 11.6 Å². The average molecular weight is 250 g/mol. The molecule has 2 heterocycles. The van der Waals surface area contributed by atoms with Gasteiger partial charge in [-0.15, -0.1) is 0 Å². The molecule has 7 nitrogen and oxygen atoms in total. The number of H-pyrrole nitrogens is 1. The molecule has 0 saturated heterocycles. The van der Waals surface area contributed by atoms with Crippen molar-refractivity contribution in [3.05, 3.63) is 12.2 Å². The fraction of sp³-hybridized carbons (Fsp3) is 0.636. The number of nitrogens with one attached hydrogen (secondary N) is 1. The standard InChI is InChI=1S/C11H18N6O/c1-7(2)3-8(5-12)4-9-15-11(17-18-9)10-13-6-14-16-10/h6-8H,3-5,12H2,1-2H3,(H,13,14,16)/t8-/m0/s1. The first-order valence-electron chi connectivity index (χ1n) is 6.07. The van der Waals surface area contributed by atoms with Gasteiger partial charge < -0.3 is 10.3 Å². The van der Waals surface area contributed by atoms with E-state index in [9.17, 15) is 0 Å². The zero-order valence-corrected chi connectivity index (χ0v) is 10.6. The molecule has 18 heavy (non-hydrogen) atoms. The van der Waals surface area contributed by atoms with Crippen LogP contribution in [0.25, 0.3) is 11.6 Å². The van der Waals surface area contributed by atoms with Crippen molar-refractivity contribution < 1.29 is 4.52 Å². The molecule has 2 rings (SSSR count). The highest BCUT2D eigenvalue weighted by Gasteiger charge is 2.16. The average Bonchev–Trinajstić information content (AvgIpc) is 2.97. The molecule has 0 aliphatic carbocycles. The summed E-state index contributed by atoms with van der Waals surface area (Å²) in [6, 6.07) is 0. The van der Waals surface area contributed by atoms with Gasteiger partial charge in [-0.2, -0.15) is 10.1 Å². The smallest absolute Gasteiger partial charge is 0.239 e. The fourth-order valence-corrected chi connectivity index (χ4v) is 1.92. The summed E-state index contributed by atoms with van der Waals surface area (Å²) in [5, 5.41) is 10.3. The highest BCUT2D eigenvalue weighted by Crippen LogP contribution is 2.17. The molecule has 0 spiro atoms. The topological polar surface area (TPSA) is 107 Å². The minimum Gasteiger partial charge on any atom is -0.339 e. The Bertz CT molecular complexity index is 464. The molecule has 3 N–H and O–H groups in total. The predicted molar refractivity (Wildman–Crippen MR) is 65.4 cm³/mol. The van der Waals surface area contributed by atoms with Crippen molar-refractivity contribution in [1.82, 2.24) is 25.3 Å². The lowest BCUT2D eigenvalue weighted by Gasteiger charge is -2.14. The molecule has 7 heteroatoms. The molecule has 98 valence electrons. The number of aromatic amines is 1. The maximum Gasteiger partial charge on any atom is 0.239 e. The molecule has 0 bridgehead atoms. The Morgan fingerprint density at radius 3 is 2.89 bits per heavy atom. The van der Waals surface area contributed by atoms with E-state index in [1.54, 1.807) is 0 Å². The van der Waals surface area contributed by atoms with E-state index in [2.05, 4.69) is 39.2 Å². The number of nitrogens with zero attached hydrogens (tertiary/aromatic N) is 4. The maximum atomic E-state index is 5.75. The molecule has 2 aromatic rings. The van der Waals surface area contributed by atoms with Gasteiger partial charge in [0.25, 0.3) is 0 Å². The minimum atomic E-state index is 0.369. The van der Waals surface area contributed by atoms with E-state index in [1.165, 1.54) is 6.33 Å². The third-order valence-electron chi connectivity index (χ3n) is 2.70. The van der Waals surface area contributed by atoms with Crippen molar-refractivity contribution in [2.75, 3.05) is 6.54 Å². The third kappa shape index (κ3) is 3.13. The largest absolute Gasteiger partial charge is 0.339 e. The van der Waals surface area contributed by atoms with Gasteiger partial charge in [-0.25, -0.2) is 4.98 Å². The molecule has 1 atom stereocenters. The van der Waals surface area contributed by atoms with Gasteiger partial charge in [0.05, 0.1) is 0 Å². The molecule has 0 aliphatic rings. The lowest BCUT2D eigenvalue weighted by atomic mass is 9.94. The van der Waals surface area contributed by atoms with Crippen molar-refractivity contribution in [1.29, 1.82) is 0 Å².